The van der Waals surface area contributed by atoms with Gasteiger partial charge in [-0.25, -0.2) is 4.79 Å². The van der Waals surface area contributed by atoms with Crippen molar-refractivity contribution in [2.24, 2.45) is 0 Å². The zero-order chi connectivity index (χ0) is 35.6. The number of anilines is 2. The monoisotopic (exact) mass is 743 g/mol. The van der Waals surface area contributed by atoms with Crippen molar-refractivity contribution >= 4 is 86.8 Å². The molecule has 0 spiro atoms. The maximum absolute atomic E-state index is 13.5. The number of hydrogen-bond acceptors (Lipinski definition) is 7. The largest absolute Gasteiger partial charge is 0.462 e. The number of rotatable bonds is 12. The van der Waals surface area contributed by atoms with Crippen LogP contribution in [-0.2, 0) is 14.3 Å². The summed E-state index contributed by atoms with van der Waals surface area (Å²) in [6.45, 7) is 3.91. The molecule has 1 heterocycles. The number of hydrogen-bond donors (Lipinski definition) is 3. The van der Waals surface area contributed by atoms with Gasteiger partial charge >= 0.3 is 5.97 Å². The van der Waals surface area contributed by atoms with Crippen LogP contribution in [0.5, 0.6) is 0 Å². The van der Waals surface area contributed by atoms with Gasteiger partial charge in [0.05, 0.1) is 12.4 Å². The number of halogens is 2. The maximum atomic E-state index is 13.5. The molecule has 0 aliphatic carbocycles. The maximum Gasteiger partial charge on any atom is 0.341 e. The van der Waals surface area contributed by atoms with Gasteiger partial charge in [-0.1, -0.05) is 83.4 Å². The molecule has 3 amide bonds. The van der Waals surface area contributed by atoms with Crippen LogP contribution in [0.25, 0.3) is 17.2 Å². The zero-order valence-corrected chi connectivity index (χ0v) is 30.1. The minimum absolute atomic E-state index is 0.0325. The Balaban J connectivity index is 1.28. The number of nitrogens with one attached hydrogen (secondary N) is 3. The van der Waals surface area contributed by atoms with Gasteiger partial charge in [0.25, 0.3) is 11.8 Å². The number of esters is 1. The van der Waals surface area contributed by atoms with Gasteiger partial charge in [0.1, 0.15) is 16.3 Å². The van der Waals surface area contributed by atoms with E-state index in [2.05, 4.69) is 16.0 Å². The molecule has 0 aliphatic heterocycles. The van der Waals surface area contributed by atoms with Crippen LogP contribution in [0.4, 0.5) is 10.7 Å². The highest BCUT2D eigenvalue weighted by atomic mass is 35.5. The van der Waals surface area contributed by atoms with E-state index >= 15 is 0 Å². The summed E-state index contributed by atoms with van der Waals surface area (Å²) >= 11 is 14.9. The Morgan fingerprint density at radius 1 is 0.880 bits per heavy atom. The lowest BCUT2D eigenvalue weighted by Gasteiger charge is -2.13. The molecule has 0 unspecified atom stereocenters. The van der Waals surface area contributed by atoms with Gasteiger partial charge in [-0.3, -0.25) is 14.4 Å². The normalized spacial score (nSPS) is 11.1. The van der Waals surface area contributed by atoms with Crippen molar-refractivity contribution in [3.63, 3.8) is 0 Å². The third kappa shape index (κ3) is 9.64. The molecule has 5 aromatic rings. The fourth-order valence-electron chi connectivity index (χ4n) is 4.69. The molecule has 0 atom stereocenters. The van der Waals surface area contributed by atoms with Crippen LogP contribution >= 0.6 is 46.3 Å². The minimum atomic E-state index is -0.589. The number of thiophene rings is 1. The third-order valence-electron chi connectivity index (χ3n) is 7.14. The van der Waals surface area contributed by atoms with Crippen molar-refractivity contribution in [3.05, 3.63) is 140 Å². The molecule has 5 rings (SSSR count). The highest BCUT2D eigenvalue weighted by molar-refractivity contribution is 8.00. The number of aryl methyl sites for hydroxylation is 1. The molecule has 12 heteroatoms. The van der Waals surface area contributed by atoms with Gasteiger partial charge in [0, 0.05) is 37.1 Å². The SMILES string of the molecule is CCOC(=O)c1c(-c2ccc(C)cc2)csc1NC(=O)CSc1cccc(NC(=O)/C(=C\c2ccc(Cl)cc2Cl)NC(=O)c2ccccc2)c1. The van der Waals surface area contributed by atoms with Crippen molar-refractivity contribution in [1.82, 2.24) is 5.32 Å². The smallest absolute Gasteiger partial charge is 0.341 e. The Bertz CT molecular complexity index is 2060. The van der Waals surface area contributed by atoms with Crippen LogP contribution < -0.4 is 16.0 Å². The fourth-order valence-corrected chi connectivity index (χ4v) is 6.88. The van der Waals surface area contributed by atoms with E-state index in [0.717, 1.165) is 11.1 Å². The standard InChI is InChI=1S/C38H31Cl2N3O5S2/c1-3-48-38(47)34-30(24-14-12-23(2)13-15-24)21-50-37(34)43-33(44)22-49-29-11-7-10-28(20-29)41-36(46)32(18-26-16-17-27(39)19-31(26)40)42-35(45)25-8-5-4-6-9-25/h4-21H,3,22H2,1-2H3,(H,41,46)(H,42,45)(H,43,44)/b32-18+. The van der Waals surface area contributed by atoms with Crippen LogP contribution in [0.15, 0.2) is 113 Å². The first-order chi connectivity index (χ1) is 24.1. The van der Waals surface area contributed by atoms with Gasteiger partial charge < -0.3 is 20.7 Å². The van der Waals surface area contributed by atoms with E-state index in [9.17, 15) is 19.2 Å². The van der Waals surface area contributed by atoms with Crippen LogP contribution in [0, 0.1) is 6.92 Å². The molecular weight excluding hydrogens is 713 g/mol. The van der Waals surface area contributed by atoms with E-state index in [-0.39, 0.29) is 24.0 Å². The number of thioether (sulfide) groups is 1. The summed E-state index contributed by atoms with van der Waals surface area (Å²) in [5.74, 6) is -1.86. The second kappa shape index (κ2) is 17.2. The molecule has 0 radical (unpaired) electrons. The number of benzene rings is 4. The van der Waals surface area contributed by atoms with Gasteiger partial charge in [-0.15, -0.1) is 23.1 Å². The van der Waals surface area contributed by atoms with Crippen molar-refractivity contribution in [1.29, 1.82) is 0 Å². The predicted octanol–water partition coefficient (Wildman–Crippen LogP) is 9.35. The second-order valence-corrected chi connectivity index (χ2v) is 13.6. The Kier molecular flexibility index (Phi) is 12.5. The predicted molar refractivity (Wildman–Crippen MR) is 203 cm³/mol. The summed E-state index contributed by atoms with van der Waals surface area (Å²) in [6, 6.07) is 28.0. The Labute approximate surface area is 307 Å². The average Bonchev–Trinajstić information content (AvgIpc) is 3.52. The molecule has 1 aromatic heterocycles. The summed E-state index contributed by atoms with van der Waals surface area (Å²) in [5, 5.41) is 11.3. The molecule has 0 aliphatic rings. The van der Waals surface area contributed by atoms with Crippen LogP contribution in [0.2, 0.25) is 10.0 Å². The molecule has 8 nitrogen and oxygen atoms in total. The summed E-state index contributed by atoms with van der Waals surface area (Å²) in [5.41, 5.74) is 4.18. The molecule has 4 aromatic carbocycles. The van der Waals surface area contributed by atoms with Crippen LogP contribution in [0.3, 0.4) is 0 Å². The summed E-state index contributed by atoms with van der Waals surface area (Å²) < 4.78 is 5.31. The lowest BCUT2D eigenvalue weighted by atomic mass is 10.0. The summed E-state index contributed by atoms with van der Waals surface area (Å²) in [6.07, 6.45) is 1.47. The van der Waals surface area contributed by atoms with Crippen LogP contribution in [-0.4, -0.2) is 36.1 Å². The number of amides is 3. The van der Waals surface area contributed by atoms with Gasteiger partial charge in [0.2, 0.25) is 5.91 Å². The van der Waals surface area contributed by atoms with E-state index in [1.165, 1.54) is 29.2 Å². The Morgan fingerprint density at radius 2 is 1.64 bits per heavy atom. The number of carbonyl (C=O) groups is 4. The highest BCUT2D eigenvalue weighted by Gasteiger charge is 2.23. The quantitative estimate of drug-likeness (QED) is 0.0667. The Hall–Kier alpha value is -4.87. The lowest BCUT2D eigenvalue weighted by Crippen LogP contribution is -2.30. The first-order valence-electron chi connectivity index (χ1n) is 15.3. The number of carbonyl (C=O) groups excluding carboxylic acids is 4. The fraction of sp³-hybridized carbons (Fsp3) is 0.105. The minimum Gasteiger partial charge on any atom is -0.462 e. The summed E-state index contributed by atoms with van der Waals surface area (Å²) in [7, 11) is 0. The molecule has 0 bridgehead atoms. The molecular formula is C38H31Cl2N3O5S2. The van der Waals surface area contributed by atoms with E-state index in [0.29, 0.717) is 47.9 Å². The van der Waals surface area contributed by atoms with E-state index in [1.54, 1.807) is 79.7 Å². The molecule has 0 saturated heterocycles. The molecule has 50 heavy (non-hydrogen) atoms. The molecule has 0 fully saturated rings. The van der Waals surface area contributed by atoms with Crippen molar-refractivity contribution in [3.8, 4) is 11.1 Å². The van der Waals surface area contributed by atoms with E-state index < -0.39 is 17.8 Å². The van der Waals surface area contributed by atoms with Crippen LogP contribution in [0.1, 0.15) is 38.8 Å². The topological polar surface area (TPSA) is 114 Å². The molecule has 3 N–H and O–H groups in total. The van der Waals surface area contributed by atoms with Gasteiger partial charge in [0.15, 0.2) is 0 Å². The van der Waals surface area contributed by atoms with Crippen molar-refractivity contribution in [2.75, 3.05) is 23.0 Å². The first-order valence-corrected chi connectivity index (χ1v) is 18.0. The Morgan fingerprint density at radius 3 is 2.36 bits per heavy atom. The highest BCUT2D eigenvalue weighted by Crippen LogP contribution is 2.37. The molecule has 254 valence electrons. The average molecular weight is 745 g/mol. The molecule has 0 saturated carbocycles. The summed E-state index contributed by atoms with van der Waals surface area (Å²) in [4.78, 5) is 53.3. The van der Waals surface area contributed by atoms with E-state index in [4.69, 9.17) is 27.9 Å². The first kappa shape index (κ1) is 36.4. The van der Waals surface area contributed by atoms with Gasteiger partial charge in [-0.2, -0.15) is 0 Å². The van der Waals surface area contributed by atoms with E-state index in [1.807, 2.05) is 36.6 Å². The second-order valence-electron chi connectivity index (χ2n) is 10.8. The zero-order valence-electron chi connectivity index (χ0n) is 26.9. The third-order valence-corrected chi connectivity index (χ3v) is 9.59. The number of ether oxygens (including phenoxy) is 1. The van der Waals surface area contributed by atoms with Crippen molar-refractivity contribution in [2.45, 2.75) is 18.7 Å². The van der Waals surface area contributed by atoms with Crippen molar-refractivity contribution < 1.29 is 23.9 Å². The van der Waals surface area contributed by atoms with Gasteiger partial charge in [-0.05, 0) is 73.5 Å². The lowest BCUT2D eigenvalue weighted by molar-refractivity contribution is -0.114.